The van der Waals surface area contributed by atoms with Crippen molar-refractivity contribution >= 4 is 5.69 Å². The maximum Gasteiger partial charge on any atom is 0.573 e. The van der Waals surface area contributed by atoms with Crippen LogP contribution in [0.1, 0.15) is 12.8 Å². The molecule has 2 atom stereocenters. The summed E-state index contributed by atoms with van der Waals surface area (Å²) in [6, 6.07) is 5.03. The van der Waals surface area contributed by atoms with E-state index in [-0.39, 0.29) is 11.8 Å². The largest absolute Gasteiger partial charge is 0.573 e. The molecule has 0 radical (unpaired) electrons. The molecule has 2 nitrogen and oxygen atoms in total. The number of rotatable bonds is 3. The third-order valence-corrected chi connectivity index (χ3v) is 2.63. The third kappa shape index (κ3) is 3.25. The summed E-state index contributed by atoms with van der Waals surface area (Å²) in [5.41, 5.74) is 0.590. The zero-order valence-electron chi connectivity index (χ0n) is 8.80. The summed E-state index contributed by atoms with van der Waals surface area (Å²) in [6.45, 7) is 0. The summed E-state index contributed by atoms with van der Waals surface area (Å²) in [6.07, 6.45) is -4.29. The monoisotopic (exact) mass is 249 g/mol. The van der Waals surface area contributed by atoms with Crippen molar-refractivity contribution < 1.29 is 22.3 Å². The van der Waals surface area contributed by atoms with Crippen molar-refractivity contribution in [3.63, 3.8) is 0 Å². The molecule has 1 N–H and O–H groups in total. The first kappa shape index (κ1) is 12.0. The number of hydrogen-bond acceptors (Lipinski definition) is 2. The van der Waals surface area contributed by atoms with E-state index in [0.717, 1.165) is 6.42 Å². The van der Waals surface area contributed by atoms with E-state index in [0.29, 0.717) is 12.1 Å². The van der Waals surface area contributed by atoms with Crippen LogP contribution in [0.2, 0.25) is 0 Å². The van der Waals surface area contributed by atoms with Crippen LogP contribution < -0.4 is 10.1 Å². The van der Waals surface area contributed by atoms with Gasteiger partial charge in [-0.3, -0.25) is 0 Å². The molecular weight excluding hydrogens is 238 g/mol. The van der Waals surface area contributed by atoms with Crippen LogP contribution in [0.4, 0.5) is 23.2 Å². The van der Waals surface area contributed by atoms with Gasteiger partial charge in [-0.05, 0) is 37.1 Å². The molecule has 2 rings (SSSR count). The zero-order chi connectivity index (χ0) is 12.5. The second-order valence-corrected chi connectivity index (χ2v) is 3.92. The maximum absolute atomic E-state index is 12.9. The molecule has 1 aromatic carbocycles. The molecule has 1 aliphatic rings. The molecule has 0 spiro atoms. The lowest BCUT2D eigenvalue weighted by atomic mass is 9.90. The number of alkyl halides is 4. The second-order valence-electron chi connectivity index (χ2n) is 3.92. The van der Waals surface area contributed by atoms with Crippen LogP contribution in [-0.4, -0.2) is 18.6 Å². The summed E-state index contributed by atoms with van der Waals surface area (Å²) >= 11 is 0. The van der Waals surface area contributed by atoms with Crippen LogP contribution in [0.15, 0.2) is 24.3 Å². The minimum absolute atomic E-state index is 0.232. The van der Waals surface area contributed by atoms with Crippen LogP contribution in [0.5, 0.6) is 5.75 Å². The van der Waals surface area contributed by atoms with Crippen LogP contribution in [0.25, 0.3) is 0 Å². The lowest BCUT2D eigenvalue weighted by molar-refractivity contribution is -0.274. The average Bonchev–Trinajstić information content (AvgIpc) is 2.24. The summed E-state index contributed by atoms with van der Waals surface area (Å²) in [5.74, 6) is -0.284. The molecule has 1 aromatic rings. The molecule has 0 heterocycles. The molecule has 0 bridgehead atoms. The van der Waals surface area contributed by atoms with Crippen LogP contribution in [0, 0.1) is 0 Å². The van der Waals surface area contributed by atoms with E-state index in [1.54, 1.807) is 0 Å². The topological polar surface area (TPSA) is 21.3 Å². The van der Waals surface area contributed by atoms with Crippen molar-refractivity contribution in [1.82, 2.24) is 0 Å². The lowest BCUT2D eigenvalue weighted by Crippen LogP contribution is -2.39. The number of anilines is 1. The Kier molecular flexibility index (Phi) is 3.13. The van der Waals surface area contributed by atoms with Gasteiger partial charge in [-0.25, -0.2) is 4.39 Å². The fourth-order valence-corrected chi connectivity index (χ4v) is 1.59. The van der Waals surface area contributed by atoms with E-state index in [4.69, 9.17) is 0 Å². The van der Waals surface area contributed by atoms with Gasteiger partial charge in [0.2, 0.25) is 0 Å². The van der Waals surface area contributed by atoms with E-state index in [2.05, 4.69) is 10.1 Å². The molecular formula is C11H11F4NO. The third-order valence-electron chi connectivity index (χ3n) is 2.63. The number of ether oxygens (including phenoxy) is 1. The van der Waals surface area contributed by atoms with E-state index in [1.807, 2.05) is 0 Å². The fourth-order valence-electron chi connectivity index (χ4n) is 1.59. The van der Waals surface area contributed by atoms with Crippen molar-refractivity contribution in [2.24, 2.45) is 0 Å². The highest BCUT2D eigenvalue weighted by Gasteiger charge is 2.32. The Morgan fingerprint density at radius 1 is 1.12 bits per heavy atom. The van der Waals surface area contributed by atoms with Crippen LogP contribution in [-0.2, 0) is 0 Å². The highest BCUT2D eigenvalue weighted by Crippen LogP contribution is 2.28. The minimum atomic E-state index is -4.69. The van der Waals surface area contributed by atoms with Gasteiger partial charge in [0.1, 0.15) is 11.9 Å². The standard InChI is InChI=1S/C11H11F4NO/c12-9-5-6-10(9)16-7-1-3-8(4-2-7)17-11(13,14)15/h1-4,9-10,16H,5-6H2. The maximum atomic E-state index is 12.9. The fraction of sp³-hybridized carbons (Fsp3) is 0.455. The van der Waals surface area contributed by atoms with Crippen LogP contribution in [0.3, 0.4) is 0 Å². The van der Waals surface area contributed by atoms with E-state index < -0.39 is 12.5 Å². The Labute approximate surface area is 95.6 Å². The quantitative estimate of drug-likeness (QED) is 0.828. The predicted molar refractivity (Wildman–Crippen MR) is 54.7 cm³/mol. The highest BCUT2D eigenvalue weighted by atomic mass is 19.4. The molecule has 94 valence electrons. The summed E-state index contributed by atoms with van der Waals surface area (Å²) in [5, 5.41) is 2.91. The Bertz CT molecular complexity index is 376. The highest BCUT2D eigenvalue weighted by molar-refractivity contribution is 5.47. The van der Waals surface area contributed by atoms with Gasteiger partial charge < -0.3 is 10.1 Å². The molecule has 17 heavy (non-hydrogen) atoms. The molecule has 1 aliphatic carbocycles. The number of hydrogen-bond donors (Lipinski definition) is 1. The smallest absolute Gasteiger partial charge is 0.406 e. The van der Waals surface area contributed by atoms with Gasteiger partial charge >= 0.3 is 6.36 Å². The van der Waals surface area contributed by atoms with Gasteiger partial charge in [-0.15, -0.1) is 13.2 Å². The normalized spacial score (nSPS) is 24.0. The minimum Gasteiger partial charge on any atom is -0.406 e. The SMILES string of the molecule is FC1CCC1Nc1ccc(OC(F)(F)F)cc1. The first-order valence-corrected chi connectivity index (χ1v) is 5.20. The Morgan fingerprint density at radius 2 is 1.76 bits per heavy atom. The predicted octanol–water partition coefficient (Wildman–Crippen LogP) is 3.50. The lowest BCUT2D eigenvalue weighted by Gasteiger charge is -2.31. The number of halogens is 4. The molecule has 0 amide bonds. The van der Waals surface area contributed by atoms with E-state index >= 15 is 0 Å². The van der Waals surface area contributed by atoms with Crippen molar-refractivity contribution in [2.75, 3.05) is 5.32 Å². The van der Waals surface area contributed by atoms with Gasteiger partial charge in [-0.2, -0.15) is 0 Å². The van der Waals surface area contributed by atoms with Crippen molar-refractivity contribution in [1.29, 1.82) is 0 Å². The van der Waals surface area contributed by atoms with E-state index in [9.17, 15) is 17.6 Å². The molecule has 1 saturated carbocycles. The van der Waals surface area contributed by atoms with Crippen molar-refractivity contribution in [3.8, 4) is 5.75 Å². The first-order chi connectivity index (χ1) is 7.94. The average molecular weight is 249 g/mol. The summed E-state index contributed by atoms with van der Waals surface area (Å²) in [7, 11) is 0. The van der Waals surface area contributed by atoms with Crippen LogP contribution >= 0.6 is 0 Å². The molecule has 0 saturated heterocycles. The Hall–Kier alpha value is -1.46. The summed E-state index contributed by atoms with van der Waals surface area (Å²) in [4.78, 5) is 0. The zero-order valence-corrected chi connectivity index (χ0v) is 8.80. The van der Waals surface area contributed by atoms with Gasteiger partial charge in [0, 0.05) is 5.69 Å². The molecule has 1 fully saturated rings. The Morgan fingerprint density at radius 3 is 2.18 bits per heavy atom. The van der Waals surface area contributed by atoms with Gasteiger partial charge in [0.15, 0.2) is 0 Å². The Balaban J connectivity index is 1.93. The molecule has 2 unspecified atom stereocenters. The molecule has 0 aliphatic heterocycles. The first-order valence-electron chi connectivity index (χ1n) is 5.20. The van der Waals surface area contributed by atoms with Crippen molar-refractivity contribution in [2.45, 2.75) is 31.4 Å². The van der Waals surface area contributed by atoms with Gasteiger partial charge in [-0.1, -0.05) is 0 Å². The molecule has 0 aromatic heterocycles. The van der Waals surface area contributed by atoms with Crippen molar-refractivity contribution in [3.05, 3.63) is 24.3 Å². The van der Waals surface area contributed by atoms with E-state index in [1.165, 1.54) is 24.3 Å². The van der Waals surface area contributed by atoms with Gasteiger partial charge in [0.05, 0.1) is 6.04 Å². The van der Waals surface area contributed by atoms with Gasteiger partial charge in [0.25, 0.3) is 0 Å². The number of nitrogens with one attached hydrogen (secondary N) is 1. The summed E-state index contributed by atoms with van der Waals surface area (Å²) < 4.78 is 52.3. The second kappa shape index (κ2) is 4.43. The number of benzene rings is 1. The molecule has 6 heteroatoms.